The van der Waals surface area contributed by atoms with E-state index in [9.17, 15) is 14.4 Å². The maximum absolute atomic E-state index is 12.6. The van der Waals surface area contributed by atoms with Crippen LogP contribution in [0.4, 0.5) is 0 Å². The average molecular weight is 486 g/mol. The molecule has 0 bridgehead atoms. The number of hydrogen-bond acceptors (Lipinski definition) is 6. The summed E-state index contributed by atoms with van der Waals surface area (Å²) < 4.78 is 11.4. The van der Waals surface area contributed by atoms with Crippen molar-refractivity contribution in [1.29, 1.82) is 0 Å². The van der Waals surface area contributed by atoms with Gasteiger partial charge >= 0.3 is 13.1 Å². The first-order valence-electron chi connectivity index (χ1n) is 10.6. The lowest BCUT2D eigenvalue weighted by atomic mass is 9.73. The molecule has 3 atom stereocenters. The lowest BCUT2D eigenvalue weighted by Gasteiger charge is -2.35. The second kappa shape index (κ2) is 11.9. The number of carbonyl (C=O) groups is 3. The first kappa shape index (κ1) is 26.4. The second-order valence-corrected chi connectivity index (χ2v) is 9.28. The van der Waals surface area contributed by atoms with E-state index in [0.717, 1.165) is 0 Å². The fraction of sp³-hybridized carbons (Fsp3) is 0.571. The molecule has 2 N–H and O–H groups in total. The molecule has 1 saturated heterocycles. The van der Waals surface area contributed by atoms with Crippen LogP contribution in [0.5, 0.6) is 0 Å². The Balaban J connectivity index is 2.04. The summed E-state index contributed by atoms with van der Waals surface area (Å²) in [6, 6.07) is 4.07. The van der Waals surface area contributed by atoms with Gasteiger partial charge in [0.25, 0.3) is 5.91 Å². The summed E-state index contributed by atoms with van der Waals surface area (Å²) in [6.45, 7) is 7.77. The number of likely N-dealkylation sites (N-methyl/N-ethyl adjacent to an activating group) is 1. The van der Waals surface area contributed by atoms with Gasteiger partial charge in [-0.3, -0.25) is 19.3 Å². The van der Waals surface area contributed by atoms with Gasteiger partial charge in [-0.05, 0) is 51.4 Å². The summed E-state index contributed by atoms with van der Waals surface area (Å²) >= 11 is 12.0. The normalized spacial score (nSPS) is 20.9. The number of nitrogens with zero attached hydrogens (tertiary/aromatic N) is 1. The molecule has 1 aromatic rings. The maximum Gasteiger partial charge on any atom is 0.551 e. The lowest BCUT2D eigenvalue weighted by Crippen LogP contribution is -2.57. The number of amides is 2. The molecule has 8 nitrogen and oxygen atoms in total. The van der Waals surface area contributed by atoms with Crippen molar-refractivity contribution in [3.63, 3.8) is 0 Å². The van der Waals surface area contributed by atoms with Gasteiger partial charge in [-0.1, -0.05) is 37.0 Å². The van der Waals surface area contributed by atoms with Gasteiger partial charge in [0.05, 0.1) is 23.1 Å². The van der Waals surface area contributed by atoms with E-state index in [1.807, 2.05) is 32.7 Å². The monoisotopic (exact) mass is 485 g/mol. The lowest BCUT2D eigenvalue weighted by molar-refractivity contribution is -0.144. The van der Waals surface area contributed by atoms with Gasteiger partial charge in [-0.15, -0.1) is 0 Å². The van der Waals surface area contributed by atoms with E-state index in [-0.39, 0.29) is 29.1 Å². The van der Waals surface area contributed by atoms with Gasteiger partial charge in [0.2, 0.25) is 5.91 Å². The highest BCUT2D eigenvalue weighted by atomic mass is 35.5. The molecule has 11 heteroatoms. The van der Waals surface area contributed by atoms with Crippen LogP contribution in [-0.2, 0) is 18.9 Å². The zero-order valence-corrected chi connectivity index (χ0v) is 20.5. The van der Waals surface area contributed by atoms with E-state index >= 15 is 0 Å². The molecule has 0 aliphatic carbocycles. The third-order valence-corrected chi connectivity index (χ3v) is 5.93. The highest BCUT2D eigenvalue weighted by Crippen LogP contribution is 2.20. The molecule has 1 heterocycles. The fourth-order valence-corrected chi connectivity index (χ4v) is 3.65. The van der Waals surface area contributed by atoms with Crippen molar-refractivity contribution < 1.29 is 23.7 Å². The van der Waals surface area contributed by atoms with E-state index in [0.29, 0.717) is 18.1 Å². The summed E-state index contributed by atoms with van der Waals surface area (Å²) in [6.07, 6.45) is 0.524. The predicted octanol–water partition coefficient (Wildman–Crippen LogP) is 2.56. The molecule has 1 aliphatic heterocycles. The van der Waals surface area contributed by atoms with Gasteiger partial charge in [0.1, 0.15) is 6.04 Å². The minimum atomic E-state index is -0.925. The standard InChI is InChI=1S/C21H30BCl2N3O5/c1-12(2)8-18(22-31-11-13(3)27(5)14(4)21(30)32-22)26-19(28)10-25-20(29)16-9-15(23)6-7-17(16)24/h6-7,9,12-14,18H,8,10-11H2,1-5H3,(H,25,29)(H,26,28)/t13-,14+,18-/m0/s1. The van der Waals surface area contributed by atoms with Crippen LogP contribution >= 0.6 is 23.2 Å². The Morgan fingerprint density at radius 3 is 2.62 bits per heavy atom. The van der Waals surface area contributed by atoms with E-state index in [1.165, 1.54) is 12.1 Å². The number of nitrogens with one attached hydrogen (secondary N) is 2. The molecule has 176 valence electrons. The molecule has 1 aromatic carbocycles. The van der Waals surface area contributed by atoms with Crippen LogP contribution < -0.4 is 10.6 Å². The van der Waals surface area contributed by atoms with Gasteiger partial charge in [-0.2, -0.15) is 0 Å². The SMILES string of the molecule is CC(C)C[C@H](NC(=O)CNC(=O)c1cc(Cl)ccc1Cl)B1OC[C@H](C)N(C)[C@H](C)C(=O)O1. The fourth-order valence-electron chi connectivity index (χ4n) is 3.28. The molecule has 1 fully saturated rings. The van der Waals surface area contributed by atoms with Crippen molar-refractivity contribution in [2.24, 2.45) is 5.92 Å². The third-order valence-electron chi connectivity index (χ3n) is 5.36. The Labute approximate surface area is 199 Å². The van der Waals surface area contributed by atoms with Crippen molar-refractivity contribution in [3.05, 3.63) is 33.8 Å². The van der Waals surface area contributed by atoms with Crippen molar-refractivity contribution in [1.82, 2.24) is 15.5 Å². The minimum absolute atomic E-state index is 0.00233. The van der Waals surface area contributed by atoms with Crippen LogP contribution in [0.15, 0.2) is 18.2 Å². The Kier molecular flexibility index (Phi) is 9.82. The van der Waals surface area contributed by atoms with Crippen LogP contribution in [0.1, 0.15) is 44.5 Å². The van der Waals surface area contributed by atoms with Crippen LogP contribution in [0, 0.1) is 5.92 Å². The first-order valence-corrected chi connectivity index (χ1v) is 11.3. The third kappa shape index (κ3) is 7.37. The van der Waals surface area contributed by atoms with Gasteiger partial charge in [0, 0.05) is 17.7 Å². The zero-order valence-electron chi connectivity index (χ0n) is 19.0. The summed E-state index contributed by atoms with van der Waals surface area (Å²) in [5.41, 5.74) is 0.176. The first-order chi connectivity index (χ1) is 15.0. The van der Waals surface area contributed by atoms with Crippen LogP contribution in [-0.4, -0.2) is 68.0 Å². The van der Waals surface area contributed by atoms with Crippen molar-refractivity contribution in [3.8, 4) is 0 Å². The molecule has 0 spiro atoms. The quantitative estimate of drug-likeness (QED) is 0.576. The Morgan fingerprint density at radius 1 is 1.28 bits per heavy atom. The number of carbonyl (C=O) groups excluding carboxylic acids is 3. The van der Waals surface area contributed by atoms with E-state index in [2.05, 4.69) is 10.6 Å². The van der Waals surface area contributed by atoms with Gasteiger partial charge in [0.15, 0.2) is 0 Å². The molecule has 0 radical (unpaired) electrons. The van der Waals surface area contributed by atoms with Crippen molar-refractivity contribution in [2.45, 2.75) is 52.1 Å². The van der Waals surface area contributed by atoms with Crippen molar-refractivity contribution >= 4 is 48.1 Å². The molecule has 0 saturated carbocycles. The topological polar surface area (TPSA) is 97.0 Å². The smallest absolute Gasteiger partial charge is 0.507 e. The summed E-state index contributed by atoms with van der Waals surface area (Å²) in [4.78, 5) is 39.4. The largest absolute Gasteiger partial charge is 0.551 e. The van der Waals surface area contributed by atoms with Crippen LogP contribution in [0.2, 0.25) is 10.0 Å². The average Bonchev–Trinajstić information content (AvgIpc) is 2.73. The second-order valence-electron chi connectivity index (χ2n) is 8.44. The van der Waals surface area contributed by atoms with E-state index in [4.69, 9.17) is 32.5 Å². The molecular formula is C21H30BCl2N3O5. The molecule has 1 aliphatic rings. The van der Waals surface area contributed by atoms with Crippen LogP contribution in [0.25, 0.3) is 0 Å². The molecule has 2 rings (SSSR count). The summed E-state index contributed by atoms with van der Waals surface area (Å²) in [7, 11) is 0.910. The molecule has 0 unspecified atom stereocenters. The van der Waals surface area contributed by atoms with Gasteiger partial charge in [-0.25, -0.2) is 0 Å². The predicted molar refractivity (Wildman–Crippen MR) is 125 cm³/mol. The van der Waals surface area contributed by atoms with E-state index in [1.54, 1.807) is 13.0 Å². The molecule has 0 aromatic heterocycles. The molecule has 32 heavy (non-hydrogen) atoms. The summed E-state index contributed by atoms with van der Waals surface area (Å²) in [5, 5.41) is 5.95. The maximum atomic E-state index is 12.6. The van der Waals surface area contributed by atoms with E-state index < -0.39 is 36.9 Å². The Bertz CT molecular complexity index is 842. The van der Waals surface area contributed by atoms with Gasteiger partial charge < -0.3 is 19.9 Å². The number of benzene rings is 1. The Morgan fingerprint density at radius 2 is 1.97 bits per heavy atom. The number of hydrogen-bond donors (Lipinski definition) is 2. The minimum Gasteiger partial charge on any atom is -0.507 e. The number of halogens is 2. The molecular weight excluding hydrogens is 456 g/mol. The van der Waals surface area contributed by atoms with Crippen molar-refractivity contribution in [2.75, 3.05) is 20.2 Å². The number of rotatable bonds is 7. The summed E-state index contributed by atoms with van der Waals surface area (Å²) in [5.74, 6) is -1.75. The Hall–Kier alpha value is -1.81. The highest BCUT2D eigenvalue weighted by Gasteiger charge is 2.40. The highest BCUT2D eigenvalue weighted by molar-refractivity contribution is 6.49. The van der Waals surface area contributed by atoms with Crippen LogP contribution in [0.3, 0.4) is 0 Å². The molecule has 2 amide bonds. The zero-order chi connectivity index (χ0) is 24.0.